The van der Waals surface area contributed by atoms with Crippen LogP contribution in [0, 0.1) is 13.8 Å². The molecule has 152 valence electrons. The monoisotopic (exact) mass is 448 g/mol. The Labute approximate surface area is 184 Å². The van der Waals surface area contributed by atoms with E-state index in [-0.39, 0.29) is 5.91 Å². The first-order chi connectivity index (χ1) is 13.9. The Hall–Kier alpha value is -1.86. The van der Waals surface area contributed by atoms with E-state index >= 15 is 0 Å². The SMILES string of the molecule is Cc1ccc(-c2c(C)c(C(=O)NN3CCCCC3)nn2-c2ccc(Cl)cc2Cl)s1. The molecule has 5 nitrogen and oxygen atoms in total. The summed E-state index contributed by atoms with van der Waals surface area (Å²) in [6.45, 7) is 5.73. The number of hydrogen-bond donors (Lipinski definition) is 1. The molecule has 1 aliphatic rings. The van der Waals surface area contributed by atoms with Crippen LogP contribution in [0.25, 0.3) is 16.3 Å². The second-order valence-electron chi connectivity index (χ2n) is 7.23. The number of carbonyl (C=O) groups is 1. The predicted octanol–water partition coefficient (Wildman–Crippen LogP) is 5.66. The number of benzene rings is 1. The van der Waals surface area contributed by atoms with E-state index in [0.29, 0.717) is 21.4 Å². The molecule has 3 heterocycles. The molecule has 8 heteroatoms. The second-order valence-corrected chi connectivity index (χ2v) is 9.36. The van der Waals surface area contributed by atoms with E-state index in [1.165, 1.54) is 11.3 Å². The summed E-state index contributed by atoms with van der Waals surface area (Å²) in [5, 5.41) is 7.70. The number of halogens is 2. The van der Waals surface area contributed by atoms with Gasteiger partial charge >= 0.3 is 0 Å². The fourth-order valence-electron chi connectivity index (χ4n) is 3.59. The van der Waals surface area contributed by atoms with Crippen LogP contribution in [0.4, 0.5) is 0 Å². The van der Waals surface area contributed by atoms with E-state index in [2.05, 4.69) is 29.6 Å². The first kappa shape index (κ1) is 20.4. The van der Waals surface area contributed by atoms with Crippen LogP contribution in [0.2, 0.25) is 10.0 Å². The average Bonchev–Trinajstić information content (AvgIpc) is 3.25. The minimum atomic E-state index is -0.192. The van der Waals surface area contributed by atoms with Crippen LogP contribution in [0.3, 0.4) is 0 Å². The van der Waals surface area contributed by atoms with Crippen molar-refractivity contribution in [1.82, 2.24) is 20.2 Å². The number of rotatable bonds is 4. The highest BCUT2D eigenvalue weighted by atomic mass is 35.5. The molecule has 0 saturated carbocycles. The fraction of sp³-hybridized carbons (Fsp3) is 0.333. The van der Waals surface area contributed by atoms with Crippen LogP contribution >= 0.6 is 34.5 Å². The molecule has 0 radical (unpaired) electrons. The zero-order valence-electron chi connectivity index (χ0n) is 16.3. The number of hydrogen-bond acceptors (Lipinski definition) is 4. The Balaban J connectivity index is 1.79. The average molecular weight is 449 g/mol. The van der Waals surface area contributed by atoms with E-state index in [1.54, 1.807) is 28.2 Å². The van der Waals surface area contributed by atoms with Crippen LogP contribution in [-0.4, -0.2) is 33.8 Å². The summed E-state index contributed by atoms with van der Waals surface area (Å²) in [6, 6.07) is 9.40. The lowest BCUT2D eigenvalue weighted by Gasteiger charge is -2.26. The first-order valence-corrected chi connectivity index (χ1v) is 11.2. The van der Waals surface area contributed by atoms with Gasteiger partial charge in [0.1, 0.15) is 0 Å². The number of aromatic nitrogens is 2. The van der Waals surface area contributed by atoms with E-state index in [9.17, 15) is 4.79 Å². The Morgan fingerprint density at radius 1 is 1.10 bits per heavy atom. The minimum Gasteiger partial charge on any atom is -0.283 e. The highest BCUT2D eigenvalue weighted by molar-refractivity contribution is 7.15. The Kier molecular flexibility index (Phi) is 5.97. The summed E-state index contributed by atoms with van der Waals surface area (Å²) in [5.41, 5.74) is 5.81. The second kappa shape index (κ2) is 8.48. The zero-order valence-corrected chi connectivity index (χ0v) is 18.7. The maximum Gasteiger partial charge on any atom is 0.286 e. The van der Waals surface area contributed by atoms with Crippen molar-refractivity contribution in [3.63, 3.8) is 0 Å². The molecule has 2 aromatic heterocycles. The zero-order chi connectivity index (χ0) is 20.5. The summed E-state index contributed by atoms with van der Waals surface area (Å²) in [7, 11) is 0. The molecule has 1 aliphatic heterocycles. The van der Waals surface area contributed by atoms with Crippen LogP contribution in [0.1, 0.15) is 40.2 Å². The number of carbonyl (C=O) groups excluding carboxylic acids is 1. The fourth-order valence-corrected chi connectivity index (χ4v) is 5.04. The molecule has 1 fully saturated rings. The van der Waals surface area contributed by atoms with E-state index in [4.69, 9.17) is 23.2 Å². The van der Waals surface area contributed by atoms with Gasteiger partial charge in [-0.05, 0) is 57.0 Å². The lowest BCUT2D eigenvalue weighted by atomic mass is 10.1. The van der Waals surface area contributed by atoms with Gasteiger partial charge in [-0.25, -0.2) is 9.69 Å². The van der Waals surface area contributed by atoms with Gasteiger partial charge in [-0.15, -0.1) is 11.3 Å². The molecule has 1 aromatic carbocycles. The largest absolute Gasteiger partial charge is 0.286 e. The quantitative estimate of drug-likeness (QED) is 0.560. The molecule has 1 N–H and O–H groups in total. The number of nitrogens with one attached hydrogen (secondary N) is 1. The van der Waals surface area contributed by atoms with Crippen molar-refractivity contribution in [2.24, 2.45) is 0 Å². The van der Waals surface area contributed by atoms with Gasteiger partial charge in [-0.2, -0.15) is 5.10 Å². The molecular formula is C21H22Cl2N4OS. The Morgan fingerprint density at radius 3 is 2.52 bits per heavy atom. The topological polar surface area (TPSA) is 50.2 Å². The van der Waals surface area contributed by atoms with Crippen LogP contribution in [0.15, 0.2) is 30.3 Å². The van der Waals surface area contributed by atoms with Crippen molar-refractivity contribution >= 4 is 40.4 Å². The molecule has 1 amide bonds. The molecular weight excluding hydrogens is 427 g/mol. The number of amides is 1. The first-order valence-electron chi connectivity index (χ1n) is 9.62. The van der Waals surface area contributed by atoms with Crippen molar-refractivity contribution in [1.29, 1.82) is 0 Å². The summed E-state index contributed by atoms with van der Waals surface area (Å²) < 4.78 is 1.75. The molecule has 0 spiro atoms. The minimum absolute atomic E-state index is 0.192. The van der Waals surface area contributed by atoms with E-state index in [1.807, 2.05) is 18.0 Å². The summed E-state index contributed by atoms with van der Waals surface area (Å²) in [6.07, 6.45) is 3.39. The maximum absolute atomic E-state index is 13.0. The van der Waals surface area contributed by atoms with Gasteiger partial charge in [0.2, 0.25) is 0 Å². The maximum atomic E-state index is 13.0. The third-order valence-electron chi connectivity index (χ3n) is 5.06. The molecule has 1 saturated heterocycles. The van der Waals surface area contributed by atoms with Crippen LogP contribution in [0.5, 0.6) is 0 Å². The summed E-state index contributed by atoms with van der Waals surface area (Å²) in [5.74, 6) is -0.192. The highest BCUT2D eigenvalue weighted by Crippen LogP contribution is 2.36. The lowest BCUT2D eigenvalue weighted by Crippen LogP contribution is -2.45. The van der Waals surface area contributed by atoms with Gasteiger partial charge in [0.05, 0.1) is 21.3 Å². The molecule has 0 aliphatic carbocycles. The highest BCUT2D eigenvalue weighted by Gasteiger charge is 2.25. The third kappa shape index (κ3) is 4.21. The predicted molar refractivity (Wildman–Crippen MR) is 119 cm³/mol. The molecule has 0 bridgehead atoms. The van der Waals surface area contributed by atoms with E-state index in [0.717, 1.165) is 42.1 Å². The van der Waals surface area contributed by atoms with Crippen LogP contribution in [-0.2, 0) is 0 Å². The molecule has 0 atom stereocenters. The molecule has 29 heavy (non-hydrogen) atoms. The smallest absolute Gasteiger partial charge is 0.283 e. The third-order valence-corrected chi connectivity index (χ3v) is 6.61. The van der Waals surface area contributed by atoms with Gasteiger partial charge in [-0.3, -0.25) is 10.2 Å². The standard InChI is InChI=1S/C21H22Cl2N4OS/c1-13-6-9-18(29-13)20-14(2)19(21(28)25-26-10-4-3-5-11-26)24-27(20)17-8-7-15(22)12-16(17)23/h6-9,12H,3-5,10-11H2,1-2H3,(H,25,28). The van der Waals surface area contributed by atoms with Crippen molar-refractivity contribution < 1.29 is 4.79 Å². The van der Waals surface area contributed by atoms with Gasteiger partial charge in [-0.1, -0.05) is 29.6 Å². The number of thiophene rings is 1. The van der Waals surface area contributed by atoms with Gasteiger partial charge in [0, 0.05) is 28.6 Å². The van der Waals surface area contributed by atoms with Gasteiger partial charge < -0.3 is 0 Å². The normalized spacial score (nSPS) is 14.9. The van der Waals surface area contributed by atoms with Gasteiger partial charge in [0.15, 0.2) is 5.69 Å². The van der Waals surface area contributed by atoms with Crippen molar-refractivity contribution in [3.05, 3.63) is 56.5 Å². The Bertz CT molecular complexity index is 1050. The van der Waals surface area contributed by atoms with Gasteiger partial charge in [0.25, 0.3) is 5.91 Å². The Morgan fingerprint density at radius 2 is 1.86 bits per heavy atom. The van der Waals surface area contributed by atoms with E-state index < -0.39 is 0 Å². The lowest BCUT2D eigenvalue weighted by molar-refractivity contribution is 0.0743. The summed E-state index contributed by atoms with van der Waals surface area (Å²) >= 11 is 14.2. The number of hydrazine groups is 1. The number of piperidine rings is 1. The van der Waals surface area contributed by atoms with Crippen molar-refractivity contribution in [2.45, 2.75) is 33.1 Å². The van der Waals surface area contributed by atoms with Crippen molar-refractivity contribution in [3.8, 4) is 16.3 Å². The molecule has 4 rings (SSSR count). The van der Waals surface area contributed by atoms with Crippen molar-refractivity contribution in [2.75, 3.05) is 13.1 Å². The molecule has 0 unspecified atom stereocenters. The number of nitrogens with zero attached hydrogens (tertiary/aromatic N) is 3. The van der Waals surface area contributed by atoms with Crippen LogP contribution < -0.4 is 5.43 Å². The summed E-state index contributed by atoms with van der Waals surface area (Å²) in [4.78, 5) is 15.3. The number of aryl methyl sites for hydroxylation is 1. The molecule has 3 aromatic rings.